The van der Waals surface area contributed by atoms with Crippen LogP contribution in [0, 0.1) is 0 Å². The van der Waals surface area contributed by atoms with E-state index in [0.717, 1.165) is 0 Å². The van der Waals surface area contributed by atoms with Gasteiger partial charge in [-0.3, -0.25) is 0 Å². The summed E-state index contributed by atoms with van der Waals surface area (Å²) in [5, 5.41) is 10.0. The van der Waals surface area contributed by atoms with Crippen LogP contribution in [0.2, 0.25) is 31.5 Å². The Bertz CT molecular complexity index is 234. The van der Waals surface area contributed by atoms with E-state index in [2.05, 4.69) is 41.5 Å². The Kier molecular flexibility index (Phi) is 41.2. The molecular formula is C30H68Ge2O. The fourth-order valence-electron chi connectivity index (χ4n) is 4.50. The molecule has 0 atom stereocenters. The van der Waals surface area contributed by atoms with Crippen molar-refractivity contribution in [2.24, 2.45) is 0 Å². The van der Waals surface area contributed by atoms with E-state index in [1.165, 1.54) is 77.0 Å². The van der Waals surface area contributed by atoms with Crippen molar-refractivity contribution in [3.63, 3.8) is 0 Å². The summed E-state index contributed by atoms with van der Waals surface area (Å²) in [7, 11) is 0. The second-order valence-electron chi connectivity index (χ2n) is 10.2. The van der Waals surface area contributed by atoms with Crippen molar-refractivity contribution in [1.29, 1.82) is 0 Å². The van der Waals surface area contributed by atoms with Crippen LogP contribution in [0.5, 0.6) is 0 Å². The predicted octanol–water partition coefficient (Wildman–Crippen LogP) is 11.3. The number of hydrogen-bond acceptors (Lipinski definition) is 0. The van der Waals surface area contributed by atoms with E-state index >= 15 is 0 Å². The van der Waals surface area contributed by atoms with Gasteiger partial charge in [0, 0.05) is 0 Å². The zero-order valence-corrected chi connectivity index (χ0v) is 28.7. The number of hydrogen-bond donors (Lipinski definition) is 0. The first-order valence-electron chi connectivity index (χ1n) is 15.4. The molecule has 2 N–H and O–H groups in total. The molecule has 0 aromatic rings. The van der Waals surface area contributed by atoms with Crippen LogP contribution in [-0.4, -0.2) is 34.2 Å². The van der Waals surface area contributed by atoms with E-state index in [1.807, 2.05) is 0 Å². The van der Waals surface area contributed by atoms with E-state index in [9.17, 15) is 0 Å². The Balaban J connectivity index is -0.000000529. The standard InChI is InChI=1S/2C15H33Ge.H2O/c2*1-4-7-10-13-16(14-11-8-5-2)15-12-9-6-3;/h2*4-15H2,1-3H3;1H2. The molecule has 0 aliphatic rings. The van der Waals surface area contributed by atoms with Gasteiger partial charge in [-0.15, -0.1) is 0 Å². The van der Waals surface area contributed by atoms with E-state index in [0.29, 0.717) is 0 Å². The molecule has 2 radical (unpaired) electrons. The van der Waals surface area contributed by atoms with Gasteiger partial charge in [-0.1, -0.05) is 0 Å². The van der Waals surface area contributed by atoms with Gasteiger partial charge in [0.2, 0.25) is 0 Å². The van der Waals surface area contributed by atoms with Crippen LogP contribution in [0.15, 0.2) is 0 Å². The minimum Gasteiger partial charge on any atom is -0.412 e. The third-order valence-electron chi connectivity index (χ3n) is 6.80. The summed E-state index contributed by atoms with van der Waals surface area (Å²) >= 11 is -1.21. The zero-order chi connectivity index (χ0) is 24.1. The molecule has 0 spiro atoms. The SMILES string of the molecule is CCCC[CH2][Ge]([CH2]CCCC)[CH2]CCCC.CCCC[CH2][Ge]([CH2]CCCC)[CH2]CCCC.O. The topological polar surface area (TPSA) is 31.5 Å². The largest absolute Gasteiger partial charge is 0.412 e. The second kappa shape index (κ2) is 35.2. The van der Waals surface area contributed by atoms with Gasteiger partial charge in [0.15, 0.2) is 0 Å². The number of unbranched alkanes of at least 4 members (excludes halogenated alkanes) is 12. The first-order valence-corrected chi connectivity index (χ1v) is 24.3. The van der Waals surface area contributed by atoms with Gasteiger partial charge in [0.25, 0.3) is 0 Å². The van der Waals surface area contributed by atoms with Crippen LogP contribution in [0.3, 0.4) is 0 Å². The quantitative estimate of drug-likeness (QED) is 0.0792. The van der Waals surface area contributed by atoms with Crippen LogP contribution >= 0.6 is 0 Å². The summed E-state index contributed by atoms with van der Waals surface area (Å²) in [6.07, 6.45) is 26.6. The molecule has 3 heteroatoms. The minimum absolute atomic E-state index is 0. The number of rotatable bonds is 24. The Hall–Kier alpha value is 1.05. The van der Waals surface area contributed by atoms with Crippen LogP contribution in [0.25, 0.3) is 0 Å². The van der Waals surface area contributed by atoms with Crippen molar-refractivity contribution >= 4 is 28.7 Å². The molecule has 33 heavy (non-hydrogen) atoms. The molecule has 0 saturated heterocycles. The Morgan fingerprint density at radius 1 is 0.273 bits per heavy atom. The molecule has 0 amide bonds. The van der Waals surface area contributed by atoms with E-state index < -0.39 is 28.7 Å². The minimum atomic E-state index is -0.603. The Labute approximate surface area is 222 Å². The second-order valence-corrected chi connectivity index (χ2v) is 22.8. The smallest absolute Gasteiger partial charge is 0.412 e. The van der Waals surface area contributed by atoms with Gasteiger partial charge in [-0.25, -0.2) is 0 Å². The van der Waals surface area contributed by atoms with Crippen molar-refractivity contribution in [2.45, 2.75) is 189 Å². The third-order valence-corrected chi connectivity index (χ3v) is 20.2. The molecule has 0 unspecified atom stereocenters. The van der Waals surface area contributed by atoms with Crippen LogP contribution in [0.1, 0.15) is 157 Å². The molecule has 1 nitrogen and oxygen atoms in total. The fourth-order valence-corrected chi connectivity index (χ4v) is 17.1. The average molecular weight is 590 g/mol. The van der Waals surface area contributed by atoms with E-state index in [4.69, 9.17) is 0 Å². The zero-order valence-electron chi connectivity index (χ0n) is 24.5. The van der Waals surface area contributed by atoms with Gasteiger partial charge in [0.05, 0.1) is 0 Å². The normalized spacial score (nSPS) is 10.9. The molecule has 0 saturated carbocycles. The van der Waals surface area contributed by atoms with Gasteiger partial charge in [-0.05, 0) is 0 Å². The van der Waals surface area contributed by atoms with Crippen molar-refractivity contribution in [1.82, 2.24) is 0 Å². The van der Waals surface area contributed by atoms with Gasteiger partial charge < -0.3 is 5.48 Å². The predicted molar refractivity (Wildman–Crippen MR) is 161 cm³/mol. The monoisotopic (exact) mass is 592 g/mol. The Morgan fingerprint density at radius 3 is 0.545 bits per heavy atom. The maximum Gasteiger partial charge on any atom is -0.412 e. The summed E-state index contributed by atoms with van der Waals surface area (Å²) in [5.74, 6) is 0. The third kappa shape index (κ3) is 33.0. The molecule has 0 aliphatic heterocycles. The van der Waals surface area contributed by atoms with E-state index in [-0.39, 0.29) is 5.48 Å². The van der Waals surface area contributed by atoms with Crippen LogP contribution in [0.4, 0.5) is 0 Å². The summed E-state index contributed by atoms with van der Waals surface area (Å²) in [6, 6.07) is 0. The molecule has 0 aromatic heterocycles. The molecule has 0 bridgehead atoms. The van der Waals surface area contributed by atoms with Gasteiger partial charge >= 0.3 is 217 Å². The molecule has 0 aliphatic carbocycles. The first-order chi connectivity index (χ1) is 15.7. The fraction of sp³-hybridized carbons (Fsp3) is 1.00. The van der Waals surface area contributed by atoms with Crippen LogP contribution in [-0.2, 0) is 0 Å². The molecule has 0 fully saturated rings. The van der Waals surface area contributed by atoms with Crippen LogP contribution < -0.4 is 0 Å². The van der Waals surface area contributed by atoms with Crippen molar-refractivity contribution in [3.8, 4) is 0 Å². The Morgan fingerprint density at radius 2 is 0.424 bits per heavy atom. The van der Waals surface area contributed by atoms with Crippen molar-refractivity contribution in [3.05, 3.63) is 0 Å². The molecule has 0 rings (SSSR count). The van der Waals surface area contributed by atoms with Gasteiger partial charge in [-0.2, -0.15) is 0 Å². The first kappa shape index (κ1) is 38.6. The molecule has 0 heterocycles. The maximum absolute atomic E-state index is 2.33. The molecule has 0 aromatic carbocycles. The van der Waals surface area contributed by atoms with Crippen molar-refractivity contribution in [2.75, 3.05) is 0 Å². The molecular weight excluding hydrogens is 522 g/mol. The van der Waals surface area contributed by atoms with Gasteiger partial charge in [0.1, 0.15) is 0 Å². The summed E-state index contributed by atoms with van der Waals surface area (Å²) in [6.45, 7) is 14.0. The summed E-state index contributed by atoms with van der Waals surface area (Å²) in [4.78, 5) is 0. The average Bonchev–Trinajstić information content (AvgIpc) is 2.80. The van der Waals surface area contributed by atoms with E-state index in [1.54, 1.807) is 70.0 Å². The molecule has 202 valence electrons. The maximum atomic E-state index is 2.33. The summed E-state index contributed by atoms with van der Waals surface area (Å²) in [5.41, 5.74) is 0. The summed E-state index contributed by atoms with van der Waals surface area (Å²) < 4.78 is 0. The van der Waals surface area contributed by atoms with Crippen molar-refractivity contribution < 1.29 is 5.48 Å².